The summed E-state index contributed by atoms with van der Waals surface area (Å²) in [6.07, 6.45) is 1.33. The molecule has 4 rings (SSSR count). The summed E-state index contributed by atoms with van der Waals surface area (Å²) in [5.74, 6) is -0.628. The summed E-state index contributed by atoms with van der Waals surface area (Å²) in [7, 11) is 0. The Morgan fingerprint density at radius 2 is 1.59 bits per heavy atom. The van der Waals surface area contributed by atoms with Gasteiger partial charge in [0, 0.05) is 21.2 Å². The maximum atomic E-state index is 12.9. The number of phenolic OH excluding ortho intramolecular Hbond substituents is 1. The Labute approximate surface area is 164 Å². The Hall–Kier alpha value is -2.96. The largest absolute Gasteiger partial charge is 0.507 e. The van der Waals surface area contributed by atoms with E-state index in [1.54, 1.807) is 36.4 Å². The topological polar surface area (TPSA) is 81.9 Å². The number of rotatable bonds is 3. The van der Waals surface area contributed by atoms with E-state index in [-0.39, 0.29) is 5.75 Å². The van der Waals surface area contributed by atoms with Crippen molar-refractivity contribution in [2.24, 2.45) is 5.10 Å². The van der Waals surface area contributed by atoms with Crippen LogP contribution in [0.5, 0.6) is 5.75 Å². The fourth-order valence-electron chi connectivity index (χ4n) is 3.33. The number of halogens is 1. The Kier molecular flexibility index (Phi) is 4.30. The van der Waals surface area contributed by atoms with Crippen LogP contribution in [0.2, 0.25) is 0 Å². The fraction of sp³-hybridized carbons (Fsp3) is 0.0476. The van der Waals surface area contributed by atoms with Gasteiger partial charge in [0.25, 0.3) is 5.91 Å². The molecule has 0 spiro atoms. The molecule has 0 bridgehead atoms. The molecule has 0 aliphatic heterocycles. The van der Waals surface area contributed by atoms with Gasteiger partial charge in [0.05, 0.1) is 6.21 Å². The quantitative estimate of drug-likeness (QED) is 0.446. The maximum Gasteiger partial charge on any atom is 0.281 e. The number of hydrogen-bond acceptors (Lipinski definition) is 4. The van der Waals surface area contributed by atoms with Crippen LogP contribution in [0, 0.1) is 0 Å². The van der Waals surface area contributed by atoms with Crippen LogP contribution in [0.3, 0.4) is 0 Å². The first-order valence-electron chi connectivity index (χ1n) is 8.25. The number of aliphatic hydroxyl groups is 1. The van der Waals surface area contributed by atoms with Crippen LogP contribution in [-0.4, -0.2) is 22.3 Å². The summed E-state index contributed by atoms with van der Waals surface area (Å²) in [4.78, 5) is 12.9. The Balaban J connectivity index is 1.67. The number of nitrogens with one attached hydrogen (secondary N) is 1. The average Bonchev–Trinajstić information content (AvgIpc) is 2.95. The first-order valence-corrected chi connectivity index (χ1v) is 9.05. The lowest BCUT2D eigenvalue weighted by molar-refractivity contribution is -0.136. The molecule has 3 N–H and O–H groups in total. The minimum absolute atomic E-state index is 0.0338. The molecule has 0 radical (unpaired) electrons. The summed E-state index contributed by atoms with van der Waals surface area (Å²) in [6.45, 7) is 0. The third-order valence-electron chi connectivity index (χ3n) is 4.61. The summed E-state index contributed by atoms with van der Waals surface area (Å²) in [6, 6.07) is 19.4. The van der Waals surface area contributed by atoms with Gasteiger partial charge in [-0.25, -0.2) is 5.43 Å². The second-order valence-corrected chi connectivity index (χ2v) is 7.12. The number of hydrazone groups is 1. The van der Waals surface area contributed by atoms with Crippen LogP contribution in [-0.2, 0) is 10.4 Å². The highest BCUT2D eigenvalue weighted by Gasteiger charge is 2.47. The van der Waals surface area contributed by atoms with E-state index in [1.807, 2.05) is 24.3 Å². The van der Waals surface area contributed by atoms with Crippen LogP contribution < -0.4 is 5.43 Å². The third-order valence-corrected chi connectivity index (χ3v) is 5.11. The molecule has 1 aliphatic rings. The number of carbonyl (C=O) groups is 1. The van der Waals surface area contributed by atoms with Crippen molar-refractivity contribution in [1.82, 2.24) is 5.43 Å². The van der Waals surface area contributed by atoms with E-state index in [9.17, 15) is 15.0 Å². The second kappa shape index (κ2) is 6.64. The van der Waals surface area contributed by atoms with Crippen LogP contribution in [0.25, 0.3) is 11.1 Å². The Bertz CT molecular complexity index is 1030. The molecule has 3 aromatic carbocycles. The highest BCUT2D eigenvalue weighted by Crippen LogP contribution is 2.47. The number of hydrogen-bond donors (Lipinski definition) is 3. The molecule has 3 aromatic rings. The fourth-order valence-corrected chi connectivity index (χ4v) is 3.71. The maximum absolute atomic E-state index is 12.9. The van der Waals surface area contributed by atoms with Gasteiger partial charge in [-0.05, 0) is 29.3 Å². The molecular weight excluding hydrogens is 408 g/mol. The van der Waals surface area contributed by atoms with E-state index in [1.165, 1.54) is 12.3 Å². The van der Waals surface area contributed by atoms with Gasteiger partial charge in [0.15, 0.2) is 5.60 Å². The number of aromatic hydroxyl groups is 1. The van der Waals surface area contributed by atoms with Crippen molar-refractivity contribution in [2.75, 3.05) is 0 Å². The van der Waals surface area contributed by atoms with Crippen molar-refractivity contribution in [1.29, 1.82) is 0 Å². The molecule has 6 heteroatoms. The second-order valence-electron chi connectivity index (χ2n) is 6.20. The highest BCUT2D eigenvalue weighted by molar-refractivity contribution is 9.10. The van der Waals surface area contributed by atoms with Crippen LogP contribution in [0.4, 0.5) is 0 Å². The Morgan fingerprint density at radius 3 is 2.22 bits per heavy atom. The zero-order chi connectivity index (χ0) is 19.0. The zero-order valence-corrected chi connectivity index (χ0v) is 15.6. The van der Waals surface area contributed by atoms with Gasteiger partial charge in [-0.2, -0.15) is 5.10 Å². The summed E-state index contributed by atoms with van der Waals surface area (Å²) >= 11 is 3.32. The van der Waals surface area contributed by atoms with Crippen molar-refractivity contribution in [3.05, 3.63) is 87.9 Å². The van der Waals surface area contributed by atoms with E-state index in [0.29, 0.717) is 16.7 Å². The molecule has 27 heavy (non-hydrogen) atoms. The molecule has 0 unspecified atom stereocenters. The third kappa shape index (κ3) is 2.83. The molecule has 5 nitrogen and oxygen atoms in total. The molecule has 0 fully saturated rings. The predicted molar refractivity (Wildman–Crippen MR) is 106 cm³/mol. The first kappa shape index (κ1) is 17.5. The molecule has 0 atom stereocenters. The monoisotopic (exact) mass is 422 g/mol. The van der Waals surface area contributed by atoms with Crippen LogP contribution in [0.15, 0.2) is 76.3 Å². The SMILES string of the molecule is O=C(N/N=C\c1cc(Br)ccc1O)C1(O)c2ccccc2-c2ccccc21. The normalized spacial score (nSPS) is 14.0. The van der Waals surface area contributed by atoms with Gasteiger partial charge in [0.2, 0.25) is 0 Å². The molecule has 0 saturated heterocycles. The number of amides is 1. The van der Waals surface area contributed by atoms with Gasteiger partial charge in [0.1, 0.15) is 5.75 Å². The van der Waals surface area contributed by atoms with Gasteiger partial charge >= 0.3 is 0 Å². The molecule has 0 aromatic heterocycles. The number of phenols is 1. The number of benzene rings is 3. The number of carbonyl (C=O) groups excluding carboxylic acids is 1. The number of nitrogens with zero attached hydrogens (tertiary/aromatic N) is 1. The molecule has 134 valence electrons. The molecular formula is C21H15BrN2O3. The van der Waals surface area contributed by atoms with E-state index < -0.39 is 11.5 Å². The van der Waals surface area contributed by atoms with Crippen molar-refractivity contribution >= 4 is 28.1 Å². The molecule has 1 aliphatic carbocycles. The van der Waals surface area contributed by atoms with E-state index in [0.717, 1.165) is 15.6 Å². The summed E-state index contributed by atoms with van der Waals surface area (Å²) in [5.41, 5.74) is 3.67. The van der Waals surface area contributed by atoms with Gasteiger partial charge in [-0.1, -0.05) is 64.5 Å². The van der Waals surface area contributed by atoms with Crippen molar-refractivity contribution in [2.45, 2.75) is 5.60 Å². The van der Waals surface area contributed by atoms with E-state index in [4.69, 9.17) is 0 Å². The molecule has 1 amide bonds. The van der Waals surface area contributed by atoms with E-state index in [2.05, 4.69) is 26.5 Å². The lowest BCUT2D eigenvalue weighted by Crippen LogP contribution is -2.42. The number of fused-ring (bicyclic) bond motifs is 3. The summed E-state index contributed by atoms with van der Waals surface area (Å²) < 4.78 is 0.769. The minimum atomic E-state index is -1.83. The van der Waals surface area contributed by atoms with Crippen molar-refractivity contribution in [3.63, 3.8) is 0 Å². The summed E-state index contributed by atoms with van der Waals surface area (Å²) in [5, 5.41) is 25.1. The minimum Gasteiger partial charge on any atom is -0.507 e. The van der Waals surface area contributed by atoms with Gasteiger partial charge in [-0.3, -0.25) is 4.79 Å². The molecule has 0 heterocycles. The standard InChI is InChI=1S/C21H15BrN2O3/c22-14-9-10-19(25)13(11-14)12-23-24-20(26)21(27)17-7-3-1-5-15(17)16-6-2-4-8-18(16)21/h1-12,25,27H,(H,24,26)/b23-12-. The van der Waals surface area contributed by atoms with Crippen molar-refractivity contribution in [3.8, 4) is 16.9 Å². The van der Waals surface area contributed by atoms with E-state index >= 15 is 0 Å². The predicted octanol–water partition coefficient (Wildman–Crippen LogP) is 3.52. The highest BCUT2D eigenvalue weighted by atomic mass is 79.9. The van der Waals surface area contributed by atoms with Gasteiger partial charge in [-0.15, -0.1) is 0 Å². The lowest BCUT2D eigenvalue weighted by Gasteiger charge is -2.23. The smallest absolute Gasteiger partial charge is 0.281 e. The van der Waals surface area contributed by atoms with Crippen molar-refractivity contribution < 1.29 is 15.0 Å². The van der Waals surface area contributed by atoms with Gasteiger partial charge < -0.3 is 10.2 Å². The van der Waals surface area contributed by atoms with Crippen LogP contribution in [0.1, 0.15) is 16.7 Å². The first-order chi connectivity index (χ1) is 13.0. The Morgan fingerprint density at radius 1 is 1.00 bits per heavy atom. The lowest BCUT2D eigenvalue weighted by atomic mass is 9.91. The zero-order valence-electron chi connectivity index (χ0n) is 14.1. The van der Waals surface area contributed by atoms with Crippen LogP contribution >= 0.6 is 15.9 Å². The molecule has 0 saturated carbocycles. The average molecular weight is 423 g/mol.